The van der Waals surface area contributed by atoms with E-state index in [0.29, 0.717) is 0 Å². The molecule has 0 heterocycles. The lowest BCUT2D eigenvalue weighted by Gasteiger charge is -2.17. The first kappa shape index (κ1) is 11.7. The molecule has 0 aromatic rings. The maximum absolute atomic E-state index is 12.5. The Balaban J connectivity index is 4.32. The van der Waals surface area contributed by atoms with Crippen LogP contribution in [0.25, 0.3) is 0 Å². The fraction of sp³-hybridized carbons (Fsp3) is 1.00. The van der Waals surface area contributed by atoms with Crippen LogP contribution in [0.1, 0.15) is 13.3 Å². The number of nitrogens with two attached hydrogens (primary N) is 1. The van der Waals surface area contributed by atoms with E-state index in [0.717, 1.165) is 6.92 Å². The summed E-state index contributed by atoms with van der Waals surface area (Å²) < 4.78 is 57.6. The number of primary sulfonamides is 1. The Morgan fingerprint density at radius 2 is 1.92 bits per heavy atom. The number of rotatable bonds is 4. The third-order valence-electron chi connectivity index (χ3n) is 1.31. The highest BCUT2D eigenvalue weighted by Crippen LogP contribution is 2.25. The number of halogens is 3. The lowest BCUT2D eigenvalue weighted by Crippen LogP contribution is -2.37. The molecule has 0 aliphatic carbocycles. The zero-order chi connectivity index (χ0) is 9.99. The topological polar surface area (TPSA) is 60.2 Å². The molecule has 0 spiro atoms. The molecule has 0 bridgehead atoms. The summed E-state index contributed by atoms with van der Waals surface area (Å²) in [6, 6.07) is 0. The summed E-state index contributed by atoms with van der Waals surface area (Å²) in [6.07, 6.45) is -3.47. The average molecular weight is 205 g/mol. The fourth-order valence-corrected chi connectivity index (χ4v) is 1.20. The van der Waals surface area contributed by atoms with Crippen molar-refractivity contribution in [1.29, 1.82) is 0 Å². The molecule has 0 aromatic carbocycles. The highest BCUT2D eigenvalue weighted by atomic mass is 32.2. The standard InChI is InChI=1S/C5H10F3NO2S/c1-2-5(7,8)4(6)3-12(9,10)11/h4H,2-3H2,1H3,(H2,9,10,11). The van der Waals surface area contributed by atoms with Gasteiger partial charge in [-0.2, -0.15) is 0 Å². The monoisotopic (exact) mass is 205 g/mol. The molecule has 3 nitrogen and oxygen atoms in total. The van der Waals surface area contributed by atoms with Crippen molar-refractivity contribution in [3.05, 3.63) is 0 Å². The second-order valence-electron chi connectivity index (χ2n) is 2.41. The molecule has 0 aromatic heterocycles. The SMILES string of the molecule is CCC(F)(F)C(F)CS(N)(=O)=O. The molecule has 2 N–H and O–H groups in total. The van der Waals surface area contributed by atoms with Crippen LogP contribution >= 0.6 is 0 Å². The molecular formula is C5H10F3NO2S. The van der Waals surface area contributed by atoms with Crippen molar-refractivity contribution in [3.8, 4) is 0 Å². The van der Waals surface area contributed by atoms with Crippen molar-refractivity contribution < 1.29 is 21.6 Å². The van der Waals surface area contributed by atoms with Crippen LogP contribution in [0, 0.1) is 0 Å². The highest BCUT2D eigenvalue weighted by molar-refractivity contribution is 7.89. The number of hydrogen-bond donors (Lipinski definition) is 1. The number of hydrogen-bond acceptors (Lipinski definition) is 2. The van der Waals surface area contributed by atoms with Crippen LogP contribution in [0.15, 0.2) is 0 Å². The Bertz CT molecular complexity index is 239. The highest BCUT2D eigenvalue weighted by Gasteiger charge is 2.40. The Kier molecular flexibility index (Phi) is 3.52. The first-order valence-corrected chi connectivity index (χ1v) is 4.93. The van der Waals surface area contributed by atoms with E-state index < -0.39 is 34.3 Å². The summed E-state index contributed by atoms with van der Waals surface area (Å²) in [5.74, 6) is -4.96. The minimum absolute atomic E-state index is 0.746. The van der Waals surface area contributed by atoms with Gasteiger partial charge in [0.2, 0.25) is 10.0 Å². The van der Waals surface area contributed by atoms with Gasteiger partial charge >= 0.3 is 0 Å². The molecule has 1 unspecified atom stereocenters. The van der Waals surface area contributed by atoms with Crippen molar-refractivity contribution in [2.75, 3.05) is 5.75 Å². The van der Waals surface area contributed by atoms with Crippen LogP contribution in [0.5, 0.6) is 0 Å². The van der Waals surface area contributed by atoms with Crippen LogP contribution in [-0.4, -0.2) is 26.3 Å². The summed E-state index contributed by atoms with van der Waals surface area (Å²) in [7, 11) is -4.17. The van der Waals surface area contributed by atoms with Crippen molar-refractivity contribution in [1.82, 2.24) is 0 Å². The summed E-state index contributed by atoms with van der Waals surface area (Å²) in [5.41, 5.74) is 0. The summed E-state index contributed by atoms with van der Waals surface area (Å²) in [6.45, 7) is 1.07. The van der Waals surface area contributed by atoms with Gasteiger partial charge in [-0.15, -0.1) is 0 Å². The van der Waals surface area contributed by atoms with E-state index in [1.165, 1.54) is 0 Å². The number of alkyl halides is 3. The molecule has 0 rings (SSSR count). The van der Waals surface area contributed by atoms with Gasteiger partial charge in [-0.25, -0.2) is 26.7 Å². The molecule has 0 aliphatic rings. The van der Waals surface area contributed by atoms with E-state index in [2.05, 4.69) is 5.14 Å². The lowest BCUT2D eigenvalue weighted by molar-refractivity contribution is -0.0658. The average Bonchev–Trinajstić information content (AvgIpc) is 1.84. The Labute approximate surface area is 68.8 Å². The first-order chi connectivity index (χ1) is 5.19. The van der Waals surface area contributed by atoms with Crippen LogP contribution < -0.4 is 5.14 Å². The largest absolute Gasteiger partial charge is 0.279 e. The summed E-state index contributed by atoms with van der Waals surface area (Å²) in [4.78, 5) is 0. The predicted octanol–water partition coefficient (Wildman–Crippen LogP) is 0.658. The molecule has 7 heteroatoms. The molecule has 74 valence electrons. The van der Waals surface area contributed by atoms with Crippen molar-refractivity contribution in [3.63, 3.8) is 0 Å². The van der Waals surface area contributed by atoms with Gasteiger partial charge in [0.1, 0.15) is 5.75 Å². The molecule has 12 heavy (non-hydrogen) atoms. The first-order valence-electron chi connectivity index (χ1n) is 3.21. The van der Waals surface area contributed by atoms with Crippen molar-refractivity contribution >= 4 is 10.0 Å². The van der Waals surface area contributed by atoms with Gasteiger partial charge in [0.25, 0.3) is 5.92 Å². The lowest BCUT2D eigenvalue weighted by atomic mass is 10.2. The van der Waals surface area contributed by atoms with Gasteiger partial charge < -0.3 is 0 Å². The molecule has 1 atom stereocenters. The quantitative estimate of drug-likeness (QED) is 0.732. The zero-order valence-electron chi connectivity index (χ0n) is 6.43. The Morgan fingerprint density at radius 3 is 2.17 bits per heavy atom. The third kappa shape index (κ3) is 3.91. The van der Waals surface area contributed by atoms with E-state index in [1.54, 1.807) is 0 Å². The smallest absolute Gasteiger partial charge is 0.240 e. The second-order valence-corrected chi connectivity index (χ2v) is 4.07. The van der Waals surface area contributed by atoms with Crippen LogP contribution in [-0.2, 0) is 10.0 Å². The molecule has 0 radical (unpaired) electrons. The van der Waals surface area contributed by atoms with Gasteiger partial charge in [-0.05, 0) is 0 Å². The van der Waals surface area contributed by atoms with E-state index in [9.17, 15) is 21.6 Å². The van der Waals surface area contributed by atoms with E-state index in [1.807, 2.05) is 0 Å². The Hall–Kier alpha value is -0.300. The Morgan fingerprint density at radius 1 is 1.50 bits per heavy atom. The normalized spacial score (nSPS) is 16.1. The molecular weight excluding hydrogens is 195 g/mol. The maximum atomic E-state index is 12.5. The van der Waals surface area contributed by atoms with Crippen LogP contribution in [0.3, 0.4) is 0 Å². The van der Waals surface area contributed by atoms with Crippen LogP contribution in [0.4, 0.5) is 13.2 Å². The number of sulfonamides is 1. The third-order valence-corrected chi connectivity index (χ3v) is 2.07. The molecule has 0 amide bonds. The predicted molar refractivity (Wildman–Crippen MR) is 38.1 cm³/mol. The van der Waals surface area contributed by atoms with Crippen molar-refractivity contribution in [2.24, 2.45) is 5.14 Å². The van der Waals surface area contributed by atoms with E-state index in [-0.39, 0.29) is 0 Å². The van der Waals surface area contributed by atoms with Gasteiger partial charge in [0, 0.05) is 6.42 Å². The van der Waals surface area contributed by atoms with E-state index >= 15 is 0 Å². The minimum Gasteiger partial charge on any atom is -0.240 e. The van der Waals surface area contributed by atoms with Gasteiger partial charge in [-0.3, -0.25) is 0 Å². The maximum Gasteiger partial charge on any atom is 0.279 e. The van der Waals surface area contributed by atoms with E-state index in [4.69, 9.17) is 0 Å². The molecule has 0 fully saturated rings. The summed E-state index contributed by atoms with van der Waals surface area (Å²) in [5, 5.41) is 4.39. The zero-order valence-corrected chi connectivity index (χ0v) is 7.24. The second kappa shape index (κ2) is 3.61. The minimum atomic E-state index is -4.17. The van der Waals surface area contributed by atoms with Gasteiger partial charge in [0.05, 0.1) is 0 Å². The molecule has 0 saturated carbocycles. The fourth-order valence-electron chi connectivity index (χ4n) is 0.547. The van der Waals surface area contributed by atoms with Crippen molar-refractivity contribution in [2.45, 2.75) is 25.4 Å². The molecule has 0 aliphatic heterocycles. The van der Waals surface area contributed by atoms with Gasteiger partial charge in [-0.1, -0.05) is 6.92 Å². The summed E-state index contributed by atoms with van der Waals surface area (Å²) >= 11 is 0. The molecule has 0 saturated heterocycles. The van der Waals surface area contributed by atoms with Gasteiger partial charge in [0.15, 0.2) is 6.17 Å². The van der Waals surface area contributed by atoms with Crippen LogP contribution in [0.2, 0.25) is 0 Å².